The molecular formula is C25H26FN3O2. The maximum atomic E-state index is 13.3. The van der Waals surface area contributed by atoms with E-state index >= 15 is 0 Å². The van der Waals surface area contributed by atoms with Crippen LogP contribution < -0.4 is 10.9 Å². The van der Waals surface area contributed by atoms with Gasteiger partial charge in [0, 0.05) is 16.8 Å². The van der Waals surface area contributed by atoms with Gasteiger partial charge in [0.2, 0.25) is 5.91 Å². The highest BCUT2D eigenvalue weighted by atomic mass is 19.1. The number of carbonyl (C=O) groups is 1. The minimum atomic E-state index is -0.756. The van der Waals surface area contributed by atoms with Crippen molar-refractivity contribution in [3.63, 3.8) is 0 Å². The molecule has 0 spiro atoms. The third-order valence-corrected chi connectivity index (χ3v) is 5.85. The molecule has 0 bridgehead atoms. The van der Waals surface area contributed by atoms with E-state index in [1.165, 1.54) is 28.9 Å². The van der Waals surface area contributed by atoms with E-state index in [0.717, 1.165) is 47.2 Å². The number of aryl methyl sites for hydroxylation is 1. The fraction of sp³-hybridized carbons (Fsp3) is 0.320. The topological polar surface area (TPSA) is 64.0 Å². The van der Waals surface area contributed by atoms with Crippen molar-refractivity contribution in [2.45, 2.75) is 52.0 Å². The van der Waals surface area contributed by atoms with Gasteiger partial charge in [0.25, 0.3) is 5.56 Å². The van der Waals surface area contributed by atoms with Gasteiger partial charge in [0.1, 0.15) is 11.9 Å². The van der Waals surface area contributed by atoms with Crippen molar-refractivity contribution >= 4 is 11.6 Å². The van der Waals surface area contributed by atoms with Crippen molar-refractivity contribution in [1.82, 2.24) is 9.78 Å². The number of anilines is 1. The smallest absolute Gasteiger partial charge is 0.271 e. The van der Waals surface area contributed by atoms with E-state index in [1.807, 2.05) is 38.1 Å². The summed E-state index contributed by atoms with van der Waals surface area (Å²) in [7, 11) is 0. The molecule has 1 aromatic heterocycles. The van der Waals surface area contributed by atoms with Crippen LogP contribution in [0.4, 0.5) is 10.1 Å². The molecule has 5 nitrogen and oxygen atoms in total. The standard InChI is InChI=1S/C25H26FN3O2/c1-3-22(24(30)27-19-14-12-18(26)13-15-19)29-25(31)21-7-5-4-6-20(21)23(28-29)17-10-8-16(2)9-11-17/h8-15,22H,3-7H2,1-2H3,(H,27,30)/t22-/m1/s1. The highest BCUT2D eigenvalue weighted by Crippen LogP contribution is 2.29. The number of nitrogens with zero attached hydrogens (tertiary/aromatic N) is 2. The number of hydrogen-bond acceptors (Lipinski definition) is 3. The summed E-state index contributed by atoms with van der Waals surface area (Å²) in [6.07, 6.45) is 3.91. The molecule has 1 aliphatic carbocycles. The first-order chi connectivity index (χ1) is 15.0. The van der Waals surface area contributed by atoms with E-state index in [-0.39, 0.29) is 17.3 Å². The predicted octanol–water partition coefficient (Wildman–Crippen LogP) is 4.83. The molecule has 0 saturated heterocycles. The van der Waals surface area contributed by atoms with Gasteiger partial charge in [0.15, 0.2) is 0 Å². The lowest BCUT2D eigenvalue weighted by Crippen LogP contribution is -2.38. The minimum Gasteiger partial charge on any atom is -0.324 e. The first-order valence-corrected chi connectivity index (χ1v) is 10.8. The molecule has 1 amide bonds. The van der Waals surface area contributed by atoms with Gasteiger partial charge in [-0.25, -0.2) is 9.07 Å². The first kappa shape index (κ1) is 21.0. The van der Waals surface area contributed by atoms with Crippen molar-refractivity contribution < 1.29 is 9.18 Å². The highest BCUT2D eigenvalue weighted by Gasteiger charge is 2.27. The Morgan fingerprint density at radius 1 is 1.06 bits per heavy atom. The lowest BCUT2D eigenvalue weighted by Gasteiger charge is -2.23. The van der Waals surface area contributed by atoms with Crippen molar-refractivity contribution in [1.29, 1.82) is 0 Å². The van der Waals surface area contributed by atoms with E-state index in [4.69, 9.17) is 5.10 Å². The van der Waals surface area contributed by atoms with E-state index in [9.17, 15) is 14.0 Å². The number of nitrogens with one attached hydrogen (secondary N) is 1. The minimum absolute atomic E-state index is 0.188. The molecule has 1 N–H and O–H groups in total. The summed E-state index contributed by atoms with van der Waals surface area (Å²) in [5.74, 6) is -0.713. The fourth-order valence-electron chi connectivity index (χ4n) is 4.14. The van der Waals surface area contributed by atoms with Gasteiger partial charge < -0.3 is 5.32 Å². The van der Waals surface area contributed by atoms with Gasteiger partial charge in [-0.3, -0.25) is 9.59 Å². The number of amides is 1. The van der Waals surface area contributed by atoms with Gasteiger partial charge in [-0.2, -0.15) is 5.10 Å². The molecule has 2 aromatic carbocycles. The summed E-state index contributed by atoms with van der Waals surface area (Å²) < 4.78 is 14.5. The lowest BCUT2D eigenvalue weighted by molar-refractivity contribution is -0.119. The molecule has 0 fully saturated rings. The fourth-order valence-corrected chi connectivity index (χ4v) is 4.14. The number of aromatic nitrogens is 2. The zero-order valence-corrected chi connectivity index (χ0v) is 17.8. The van der Waals surface area contributed by atoms with Crippen LogP contribution in [0.3, 0.4) is 0 Å². The number of rotatable bonds is 5. The molecule has 160 valence electrons. The number of carbonyl (C=O) groups excluding carboxylic acids is 1. The Labute approximate surface area is 180 Å². The predicted molar refractivity (Wildman–Crippen MR) is 120 cm³/mol. The second kappa shape index (κ2) is 8.84. The van der Waals surface area contributed by atoms with Crippen molar-refractivity contribution in [2.24, 2.45) is 0 Å². The SMILES string of the molecule is CC[C@H](C(=O)Nc1ccc(F)cc1)n1nc(-c2ccc(C)cc2)c2c(c1=O)CCCC2. The Bertz CT molecular complexity index is 1150. The molecule has 4 rings (SSSR count). The third kappa shape index (κ3) is 4.29. The largest absolute Gasteiger partial charge is 0.324 e. The van der Waals surface area contributed by atoms with Gasteiger partial charge >= 0.3 is 0 Å². The normalized spacial score (nSPS) is 14.0. The Kier molecular flexibility index (Phi) is 5.98. The summed E-state index contributed by atoms with van der Waals surface area (Å²) in [5, 5.41) is 7.50. The molecule has 1 heterocycles. The second-order valence-electron chi connectivity index (χ2n) is 8.05. The van der Waals surface area contributed by atoms with Gasteiger partial charge in [-0.05, 0) is 68.9 Å². The molecule has 6 heteroatoms. The summed E-state index contributed by atoms with van der Waals surface area (Å²) in [6.45, 7) is 3.88. The van der Waals surface area contributed by atoms with Crippen molar-refractivity contribution in [3.05, 3.63) is 81.4 Å². The zero-order chi connectivity index (χ0) is 22.0. The molecule has 1 aliphatic rings. The van der Waals surface area contributed by atoms with Crippen LogP contribution in [0.1, 0.15) is 48.9 Å². The molecular weight excluding hydrogens is 393 g/mol. The molecule has 0 aliphatic heterocycles. The van der Waals surface area contributed by atoms with Crippen molar-refractivity contribution in [2.75, 3.05) is 5.32 Å². The maximum absolute atomic E-state index is 13.3. The molecule has 0 radical (unpaired) electrons. The summed E-state index contributed by atoms with van der Waals surface area (Å²) in [5.41, 5.74) is 4.95. The van der Waals surface area contributed by atoms with Crippen LogP contribution in [0.15, 0.2) is 53.3 Å². The van der Waals surface area contributed by atoms with E-state index < -0.39 is 6.04 Å². The van der Waals surface area contributed by atoms with Crippen molar-refractivity contribution in [3.8, 4) is 11.3 Å². The number of halogens is 1. The van der Waals surface area contributed by atoms with Crippen LogP contribution in [0.25, 0.3) is 11.3 Å². The molecule has 31 heavy (non-hydrogen) atoms. The Balaban J connectivity index is 1.77. The van der Waals surface area contributed by atoms with Gasteiger partial charge in [-0.15, -0.1) is 0 Å². The number of hydrogen-bond donors (Lipinski definition) is 1. The van der Waals surface area contributed by atoms with E-state index in [1.54, 1.807) is 0 Å². The average Bonchev–Trinajstić information content (AvgIpc) is 2.78. The second-order valence-corrected chi connectivity index (χ2v) is 8.05. The Morgan fingerprint density at radius 3 is 2.35 bits per heavy atom. The van der Waals surface area contributed by atoms with E-state index in [0.29, 0.717) is 18.5 Å². The number of benzene rings is 2. The van der Waals surface area contributed by atoms with Crippen LogP contribution in [0.2, 0.25) is 0 Å². The first-order valence-electron chi connectivity index (χ1n) is 10.8. The average molecular weight is 420 g/mol. The summed E-state index contributed by atoms with van der Waals surface area (Å²) in [6, 6.07) is 12.9. The Hall–Kier alpha value is -3.28. The quantitative estimate of drug-likeness (QED) is 0.644. The lowest BCUT2D eigenvalue weighted by atomic mass is 9.89. The van der Waals surface area contributed by atoms with Crippen LogP contribution >= 0.6 is 0 Å². The monoisotopic (exact) mass is 419 g/mol. The van der Waals surface area contributed by atoms with Crippen LogP contribution in [-0.4, -0.2) is 15.7 Å². The molecule has 0 unspecified atom stereocenters. The molecule has 3 aromatic rings. The van der Waals surface area contributed by atoms with Crippen LogP contribution in [0, 0.1) is 12.7 Å². The molecule has 1 atom stereocenters. The maximum Gasteiger partial charge on any atom is 0.271 e. The van der Waals surface area contributed by atoms with Crippen LogP contribution in [0.5, 0.6) is 0 Å². The number of fused-ring (bicyclic) bond motifs is 1. The van der Waals surface area contributed by atoms with Gasteiger partial charge in [0.05, 0.1) is 5.69 Å². The summed E-state index contributed by atoms with van der Waals surface area (Å²) >= 11 is 0. The van der Waals surface area contributed by atoms with Crippen LogP contribution in [-0.2, 0) is 17.6 Å². The third-order valence-electron chi connectivity index (χ3n) is 5.85. The zero-order valence-electron chi connectivity index (χ0n) is 17.8. The molecule has 0 saturated carbocycles. The Morgan fingerprint density at radius 2 is 1.71 bits per heavy atom. The summed E-state index contributed by atoms with van der Waals surface area (Å²) in [4.78, 5) is 26.4. The highest BCUT2D eigenvalue weighted by molar-refractivity contribution is 5.93. The van der Waals surface area contributed by atoms with Gasteiger partial charge in [-0.1, -0.05) is 36.8 Å². The van der Waals surface area contributed by atoms with E-state index in [2.05, 4.69) is 5.32 Å².